The van der Waals surface area contributed by atoms with Crippen LogP contribution in [0.2, 0.25) is 0 Å². The first kappa shape index (κ1) is 15.0. The van der Waals surface area contributed by atoms with E-state index in [-0.39, 0.29) is 18.3 Å². The second-order valence-corrected chi connectivity index (χ2v) is 4.93. The Morgan fingerprint density at radius 3 is 2.52 bits per heavy atom. The lowest BCUT2D eigenvalue weighted by atomic mass is 10.2. The van der Waals surface area contributed by atoms with Crippen molar-refractivity contribution in [1.29, 1.82) is 0 Å². The van der Waals surface area contributed by atoms with Crippen molar-refractivity contribution in [3.63, 3.8) is 0 Å². The van der Waals surface area contributed by atoms with Crippen LogP contribution in [0.3, 0.4) is 0 Å². The molecule has 1 aliphatic rings. The van der Waals surface area contributed by atoms with Crippen molar-refractivity contribution in [1.82, 2.24) is 0 Å². The maximum Gasteiger partial charge on any atom is 0.255 e. The van der Waals surface area contributed by atoms with Gasteiger partial charge >= 0.3 is 0 Å². The van der Waals surface area contributed by atoms with Crippen LogP contribution < -0.4 is 15.0 Å². The van der Waals surface area contributed by atoms with Gasteiger partial charge in [0.15, 0.2) is 0 Å². The highest BCUT2D eigenvalue weighted by molar-refractivity contribution is 6.24. The number of benzene rings is 2. The van der Waals surface area contributed by atoms with Gasteiger partial charge < -0.3 is 10.1 Å². The molecule has 6 heteroatoms. The molecule has 5 nitrogen and oxygen atoms in total. The fourth-order valence-corrected chi connectivity index (χ4v) is 2.28. The van der Waals surface area contributed by atoms with Gasteiger partial charge in [-0.25, -0.2) is 14.3 Å². The predicted molar refractivity (Wildman–Crippen MR) is 87.4 cm³/mol. The molecule has 0 fully saturated rings. The first-order valence-corrected chi connectivity index (χ1v) is 7.30. The van der Waals surface area contributed by atoms with Crippen molar-refractivity contribution in [2.75, 3.05) is 23.4 Å². The maximum atomic E-state index is 13.0. The predicted octanol–water partition coefficient (Wildman–Crippen LogP) is 3.04. The number of carbonyl (C=O) groups is 1. The molecular formula is C17H16FN3O2. The van der Waals surface area contributed by atoms with E-state index in [1.165, 1.54) is 17.0 Å². The van der Waals surface area contributed by atoms with Crippen LogP contribution in [0.25, 0.3) is 0 Å². The van der Waals surface area contributed by atoms with Gasteiger partial charge in [-0.05, 0) is 55.5 Å². The van der Waals surface area contributed by atoms with Crippen molar-refractivity contribution in [3.05, 3.63) is 54.3 Å². The van der Waals surface area contributed by atoms with Gasteiger partial charge in [0.2, 0.25) is 5.96 Å². The number of amides is 1. The first-order chi connectivity index (χ1) is 11.2. The second-order valence-electron chi connectivity index (χ2n) is 4.93. The third-order valence-electron chi connectivity index (χ3n) is 3.33. The molecule has 0 saturated heterocycles. The van der Waals surface area contributed by atoms with Crippen LogP contribution in [0, 0.1) is 5.82 Å². The van der Waals surface area contributed by atoms with E-state index in [1.54, 1.807) is 36.4 Å². The number of carbonyl (C=O) groups excluding carboxylic acids is 1. The van der Waals surface area contributed by atoms with Gasteiger partial charge in [0.1, 0.15) is 18.1 Å². The Balaban J connectivity index is 1.80. The number of hydrogen-bond donors (Lipinski definition) is 1. The van der Waals surface area contributed by atoms with Gasteiger partial charge in [-0.2, -0.15) is 0 Å². The van der Waals surface area contributed by atoms with Crippen molar-refractivity contribution < 1.29 is 13.9 Å². The summed E-state index contributed by atoms with van der Waals surface area (Å²) in [6.45, 7) is 2.58. The van der Waals surface area contributed by atoms with E-state index in [0.717, 1.165) is 5.75 Å². The molecule has 1 amide bonds. The molecule has 2 aromatic carbocycles. The summed E-state index contributed by atoms with van der Waals surface area (Å²) in [5, 5.41) is 3.04. The fourth-order valence-electron chi connectivity index (χ4n) is 2.28. The lowest BCUT2D eigenvalue weighted by Crippen LogP contribution is -2.36. The quantitative estimate of drug-likeness (QED) is 0.944. The number of ether oxygens (including phenoxy) is 1. The maximum absolute atomic E-state index is 13.0. The second kappa shape index (κ2) is 6.48. The van der Waals surface area contributed by atoms with Crippen LogP contribution in [0.1, 0.15) is 6.92 Å². The molecular weight excluding hydrogens is 297 g/mol. The molecule has 23 heavy (non-hydrogen) atoms. The highest BCUT2D eigenvalue weighted by Crippen LogP contribution is 2.23. The van der Waals surface area contributed by atoms with Crippen LogP contribution in [-0.2, 0) is 4.79 Å². The zero-order chi connectivity index (χ0) is 16.2. The molecule has 0 bridgehead atoms. The highest BCUT2D eigenvalue weighted by Gasteiger charge is 2.27. The third kappa shape index (κ3) is 3.31. The molecule has 0 atom stereocenters. The Hall–Kier alpha value is -2.89. The Morgan fingerprint density at radius 1 is 1.17 bits per heavy atom. The van der Waals surface area contributed by atoms with Crippen molar-refractivity contribution in [2.45, 2.75) is 6.92 Å². The molecule has 0 radical (unpaired) electrons. The number of guanidine groups is 1. The number of nitrogens with zero attached hydrogens (tertiary/aromatic N) is 2. The summed E-state index contributed by atoms with van der Waals surface area (Å²) in [7, 11) is 0. The fraction of sp³-hybridized carbons (Fsp3) is 0.176. The highest BCUT2D eigenvalue weighted by atomic mass is 19.1. The smallest absolute Gasteiger partial charge is 0.255 e. The zero-order valence-corrected chi connectivity index (χ0v) is 12.6. The Kier molecular flexibility index (Phi) is 4.23. The van der Waals surface area contributed by atoms with Gasteiger partial charge in [-0.1, -0.05) is 0 Å². The van der Waals surface area contributed by atoms with Gasteiger partial charge in [-0.3, -0.25) is 4.79 Å². The third-order valence-corrected chi connectivity index (χ3v) is 3.33. The molecule has 1 N–H and O–H groups in total. The molecule has 1 heterocycles. The summed E-state index contributed by atoms with van der Waals surface area (Å²) in [5.41, 5.74) is 1.36. The van der Waals surface area contributed by atoms with Gasteiger partial charge in [0.25, 0.3) is 5.91 Å². The minimum absolute atomic E-state index is 0.0801. The summed E-state index contributed by atoms with van der Waals surface area (Å²) in [4.78, 5) is 17.8. The Labute approximate surface area is 133 Å². The lowest BCUT2D eigenvalue weighted by molar-refractivity contribution is -0.115. The molecule has 118 valence electrons. The van der Waals surface area contributed by atoms with Crippen LogP contribution >= 0.6 is 0 Å². The summed E-state index contributed by atoms with van der Waals surface area (Å²) in [5.74, 6) is 0.723. The standard InChI is InChI=1S/C17H16FN3O2/c1-2-23-15-9-7-14(8-10-15)21-16(22)11-19-17(21)20-13-5-3-12(18)4-6-13/h3-10H,2,11H2,1H3,(H,19,20). The van der Waals surface area contributed by atoms with Crippen molar-refractivity contribution >= 4 is 23.2 Å². The molecule has 0 aliphatic carbocycles. The molecule has 0 spiro atoms. The average molecular weight is 313 g/mol. The monoisotopic (exact) mass is 313 g/mol. The number of halogens is 1. The van der Waals surface area contributed by atoms with E-state index in [9.17, 15) is 9.18 Å². The number of aliphatic imine (C=N–C) groups is 1. The minimum Gasteiger partial charge on any atom is -0.494 e. The molecule has 2 aromatic rings. The minimum atomic E-state index is -0.316. The largest absolute Gasteiger partial charge is 0.494 e. The molecule has 1 aliphatic heterocycles. The van der Waals surface area contributed by atoms with Gasteiger partial charge in [0, 0.05) is 5.69 Å². The van der Waals surface area contributed by atoms with E-state index in [0.29, 0.717) is 23.9 Å². The van der Waals surface area contributed by atoms with Gasteiger partial charge in [-0.15, -0.1) is 0 Å². The van der Waals surface area contributed by atoms with Crippen LogP contribution in [0.4, 0.5) is 15.8 Å². The lowest BCUT2D eigenvalue weighted by Gasteiger charge is -2.19. The topological polar surface area (TPSA) is 53.9 Å². The Bertz CT molecular complexity index is 727. The molecule has 0 aromatic heterocycles. The van der Waals surface area contributed by atoms with Crippen LogP contribution in [0.15, 0.2) is 53.5 Å². The van der Waals surface area contributed by atoms with Crippen molar-refractivity contribution in [2.24, 2.45) is 4.99 Å². The van der Waals surface area contributed by atoms with Crippen LogP contribution in [0.5, 0.6) is 5.75 Å². The summed E-state index contributed by atoms with van der Waals surface area (Å²) in [6.07, 6.45) is 0. The number of nitrogens with one attached hydrogen (secondary N) is 1. The molecule has 3 rings (SSSR count). The Morgan fingerprint density at radius 2 is 1.87 bits per heavy atom. The first-order valence-electron chi connectivity index (χ1n) is 7.30. The van der Waals surface area contributed by atoms with E-state index in [2.05, 4.69) is 10.3 Å². The van der Waals surface area contributed by atoms with Gasteiger partial charge in [0.05, 0.1) is 12.3 Å². The summed E-state index contributed by atoms with van der Waals surface area (Å²) >= 11 is 0. The normalized spacial score (nSPS) is 13.9. The van der Waals surface area contributed by atoms with E-state index in [4.69, 9.17) is 4.74 Å². The zero-order valence-electron chi connectivity index (χ0n) is 12.6. The molecule has 0 saturated carbocycles. The summed E-state index contributed by atoms with van der Waals surface area (Å²) < 4.78 is 18.4. The number of anilines is 2. The molecule has 0 unspecified atom stereocenters. The van der Waals surface area contributed by atoms with E-state index < -0.39 is 0 Å². The van der Waals surface area contributed by atoms with E-state index in [1.807, 2.05) is 6.92 Å². The van der Waals surface area contributed by atoms with Crippen LogP contribution in [-0.4, -0.2) is 25.0 Å². The average Bonchev–Trinajstić information content (AvgIpc) is 2.91. The van der Waals surface area contributed by atoms with Crippen molar-refractivity contribution in [3.8, 4) is 5.75 Å². The van der Waals surface area contributed by atoms with E-state index >= 15 is 0 Å². The summed E-state index contributed by atoms with van der Waals surface area (Å²) in [6, 6.07) is 13.1. The SMILES string of the molecule is CCOc1ccc(N2C(=O)CN=C2Nc2ccc(F)cc2)cc1. The number of hydrogen-bond acceptors (Lipinski definition) is 4. The number of rotatable bonds is 4.